The Bertz CT molecular complexity index is 1440. The van der Waals surface area contributed by atoms with Crippen LogP contribution in [0.5, 0.6) is 23.0 Å². The smallest absolute Gasteiger partial charge is 0.251 e. The number of methoxy groups -OCH3 is 4. The number of carbonyl (C=O) groups excluding carboxylic acids is 2. The molecule has 12 nitrogen and oxygen atoms in total. The molecule has 2 amide bonds. The lowest BCUT2D eigenvalue weighted by Crippen LogP contribution is -2.25. The summed E-state index contributed by atoms with van der Waals surface area (Å²) < 4.78 is 23.2. The SMILES string of the molecule is COc1ccc(OC)c(-n2c(CNC(=O)c3ccc(OC)c(OC)c3)nnc2SCC(=O)Nc2nccs2)c1. The van der Waals surface area contributed by atoms with Crippen LogP contribution in [0.15, 0.2) is 53.1 Å². The van der Waals surface area contributed by atoms with E-state index in [1.54, 1.807) is 66.8 Å². The summed E-state index contributed by atoms with van der Waals surface area (Å²) in [7, 11) is 6.12. The molecule has 0 aliphatic rings. The molecule has 2 aromatic carbocycles. The zero-order chi connectivity index (χ0) is 27.8. The molecule has 2 heterocycles. The van der Waals surface area contributed by atoms with Gasteiger partial charge in [0.25, 0.3) is 5.91 Å². The second-order valence-corrected chi connectivity index (χ2v) is 9.54. The maximum atomic E-state index is 13.0. The molecule has 0 unspecified atom stereocenters. The third kappa shape index (κ3) is 6.59. The van der Waals surface area contributed by atoms with Crippen molar-refractivity contribution in [1.82, 2.24) is 25.1 Å². The number of nitrogens with one attached hydrogen (secondary N) is 2. The third-order valence-corrected chi connectivity index (χ3v) is 7.01. The van der Waals surface area contributed by atoms with E-state index in [9.17, 15) is 9.59 Å². The Hall–Kier alpha value is -4.30. The van der Waals surface area contributed by atoms with Gasteiger partial charge in [-0.3, -0.25) is 14.2 Å². The highest BCUT2D eigenvalue weighted by Gasteiger charge is 2.21. The van der Waals surface area contributed by atoms with Crippen molar-refractivity contribution in [1.29, 1.82) is 0 Å². The van der Waals surface area contributed by atoms with Crippen LogP contribution in [0.25, 0.3) is 5.69 Å². The molecule has 2 aromatic heterocycles. The molecular formula is C25H26N6O6S2. The van der Waals surface area contributed by atoms with E-state index in [1.807, 2.05) is 0 Å². The van der Waals surface area contributed by atoms with Crippen molar-refractivity contribution in [2.45, 2.75) is 11.7 Å². The van der Waals surface area contributed by atoms with Crippen molar-refractivity contribution in [2.24, 2.45) is 0 Å². The number of nitrogens with zero attached hydrogens (tertiary/aromatic N) is 4. The molecule has 0 saturated heterocycles. The van der Waals surface area contributed by atoms with E-state index < -0.39 is 0 Å². The van der Waals surface area contributed by atoms with E-state index in [-0.39, 0.29) is 24.1 Å². The molecule has 204 valence electrons. The van der Waals surface area contributed by atoms with E-state index >= 15 is 0 Å². The standard InChI is InChI=1S/C25H26N6O6S2/c1-34-16-6-8-18(35-2)17(12-16)31-21(13-27-23(33)15-5-7-19(36-3)20(11-15)37-4)29-30-25(31)39-14-22(32)28-24-26-9-10-38-24/h5-12H,13-14H2,1-4H3,(H,27,33)(H,26,28,32). The Morgan fingerprint density at radius 3 is 2.41 bits per heavy atom. The molecule has 4 rings (SSSR count). The number of hydrogen-bond donors (Lipinski definition) is 2. The fraction of sp³-hybridized carbons (Fsp3) is 0.240. The second kappa shape index (κ2) is 13.0. The van der Waals surface area contributed by atoms with Crippen molar-refractivity contribution < 1.29 is 28.5 Å². The van der Waals surface area contributed by atoms with Gasteiger partial charge in [-0.15, -0.1) is 21.5 Å². The Morgan fingerprint density at radius 2 is 1.72 bits per heavy atom. The van der Waals surface area contributed by atoms with E-state index in [0.717, 1.165) is 0 Å². The van der Waals surface area contributed by atoms with Crippen LogP contribution in [0.4, 0.5) is 5.13 Å². The van der Waals surface area contributed by atoms with Crippen molar-refractivity contribution in [3.8, 4) is 28.7 Å². The van der Waals surface area contributed by atoms with Crippen LogP contribution in [0.3, 0.4) is 0 Å². The predicted octanol–water partition coefficient (Wildman–Crippen LogP) is 3.42. The van der Waals surface area contributed by atoms with Crippen LogP contribution in [0.2, 0.25) is 0 Å². The number of rotatable bonds is 12. The summed E-state index contributed by atoms with van der Waals surface area (Å²) in [4.78, 5) is 29.5. The molecule has 0 spiro atoms. The highest BCUT2D eigenvalue weighted by atomic mass is 32.2. The fourth-order valence-electron chi connectivity index (χ4n) is 3.53. The summed E-state index contributed by atoms with van der Waals surface area (Å²) in [5, 5.41) is 16.9. The van der Waals surface area contributed by atoms with Crippen LogP contribution in [0.1, 0.15) is 16.2 Å². The molecule has 2 N–H and O–H groups in total. The summed E-state index contributed by atoms with van der Waals surface area (Å²) in [6.45, 7) is 0.0341. The predicted molar refractivity (Wildman–Crippen MR) is 147 cm³/mol. The van der Waals surface area contributed by atoms with Gasteiger partial charge in [-0.1, -0.05) is 11.8 Å². The van der Waals surface area contributed by atoms with Crippen molar-refractivity contribution in [2.75, 3.05) is 39.5 Å². The molecule has 0 fully saturated rings. The van der Waals surface area contributed by atoms with Crippen LogP contribution in [-0.2, 0) is 11.3 Å². The van der Waals surface area contributed by atoms with E-state index in [1.165, 1.54) is 37.3 Å². The minimum absolute atomic E-state index is 0.0341. The number of ether oxygens (including phenoxy) is 4. The van der Waals surface area contributed by atoms with Crippen LogP contribution < -0.4 is 29.6 Å². The summed E-state index contributed by atoms with van der Waals surface area (Å²) in [6, 6.07) is 10.2. The van der Waals surface area contributed by atoms with Crippen LogP contribution in [0, 0.1) is 0 Å². The average Bonchev–Trinajstić information content (AvgIpc) is 3.63. The Balaban J connectivity index is 1.60. The third-order valence-electron chi connectivity index (χ3n) is 5.39. The molecule has 0 aliphatic heterocycles. The average molecular weight is 571 g/mol. The molecule has 14 heteroatoms. The van der Waals surface area contributed by atoms with Gasteiger partial charge in [-0.05, 0) is 30.3 Å². The zero-order valence-electron chi connectivity index (χ0n) is 21.6. The minimum Gasteiger partial charge on any atom is -0.497 e. The number of aromatic nitrogens is 4. The van der Waals surface area contributed by atoms with Crippen molar-refractivity contribution in [3.05, 3.63) is 59.4 Å². The normalized spacial score (nSPS) is 10.6. The van der Waals surface area contributed by atoms with Crippen LogP contribution >= 0.6 is 23.1 Å². The molecule has 0 saturated carbocycles. The molecule has 0 radical (unpaired) electrons. The number of anilines is 1. The number of hydrogen-bond acceptors (Lipinski definition) is 11. The van der Waals surface area contributed by atoms with Crippen molar-refractivity contribution in [3.63, 3.8) is 0 Å². The first-order valence-electron chi connectivity index (χ1n) is 11.5. The van der Waals surface area contributed by atoms with E-state index in [0.29, 0.717) is 50.4 Å². The Morgan fingerprint density at radius 1 is 0.949 bits per heavy atom. The fourth-order valence-corrected chi connectivity index (χ4v) is 4.84. The van der Waals surface area contributed by atoms with Gasteiger partial charge in [0, 0.05) is 23.2 Å². The molecular weight excluding hydrogens is 544 g/mol. The monoisotopic (exact) mass is 570 g/mol. The zero-order valence-corrected chi connectivity index (χ0v) is 23.2. The number of thioether (sulfide) groups is 1. The Labute approximate surface area is 232 Å². The van der Waals surface area contributed by atoms with Gasteiger partial charge < -0.3 is 29.6 Å². The Kier molecular flexibility index (Phi) is 9.22. The van der Waals surface area contributed by atoms with Crippen LogP contribution in [-0.4, -0.2) is 65.8 Å². The van der Waals surface area contributed by atoms with Gasteiger partial charge in [0.2, 0.25) is 5.91 Å². The first kappa shape index (κ1) is 27.7. The number of thiazole rings is 1. The molecule has 39 heavy (non-hydrogen) atoms. The number of amides is 2. The van der Waals surface area contributed by atoms with Gasteiger partial charge >= 0.3 is 0 Å². The largest absolute Gasteiger partial charge is 0.497 e. The summed E-state index contributed by atoms with van der Waals surface area (Å²) in [5.74, 6) is 1.93. The molecule has 0 atom stereocenters. The maximum Gasteiger partial charge on any atom is 0.251 e. The summed E-state index contributed by atoms with van der Waals surface area (Å²) >= 11 is 2.51. The maximum absolute atomic E-state index is 13.0. The first-order chi connectivity index (χ1) is 19.0. The first-order valence-corrected chi connectivity index (χ1v) is 13.3. The van der Waals surface area contributed by atoms with Gasteiger partial charge in [0.05, 0.1) is 46.4 Å². The van der Waals surface area contributed by atoms with Gasteiger partial charge in [-0.2, -0.15) is 0 Å². The number of benzene rings is 2. The lowest BCUT2D eigenvalue weighted by Gasteiger charge is -2.15. The topological polar surface area (TPSA) is 139 Å². The second-order valence-electron chi connectivity index (χ2n) is 7.70. The molecule has 0 aliphatic carbocycles. The highest BCUT2D eigenvalue weighted by Crippen LogP contribution is 2.32. The molecule has 4 aromatic rings. The van der Waals surface area contributed by atoms with E-state index in [2.05, 4.69) is 25.8 Å². The van der Waals surface area contributed by atoms with Crippen molar-refractivity contribution >= 4 is 40.0 Å². The number of carbonyl (C=O) groups is 2. The quantitative estimate of drug-likeness (QED) is 0.244. The minimum atomic E-state index is -0.347. The lowest BCUT2D eigenvalue weighted by molar-refractivity contribution is -0.113. The summed E-state index contributed by atoms with van der Waals surface area (Å²) in [6.07, 6.45) is 1.61. The van der Waals surface area contributed by atoms with E-state index in [4.69, 9.17) is 18.9 Å². The summed E-state index contributed by atoms with van der Waals surface area (Å²) in [5.41, 5.74) is 0.964. The lowest BCUT2D eigenvalue weighted by atomic mass is 10.2. The molecule has 0 bridgehead atoms. The van der Waals surface area contributed by atoms with Gasteiger partial charge in [-0.25, -0.2) is 4.98 Å². The van der Waals surface area contributed by atoms with Gasteiger partial charge in [0.15, 0.2) is 27.6 Å². The van der Waals surface area contributed by atoms with Gasteiger partial charge in [0.1, 0.15) is 11.5 Å². The highest BCUT2D eigenvalue weighted by molar-refractivity contribution is 7.99.